The first-order valence-corrected chi connectivity index (χ1v) is 6.52. The van der Waals surface area contributed by atoms with E-state index < -0.39 is 0 Å². The average molecular weight is 277 g/mol. The molecule has 7 nitrogen and oxygen atoms in total. The molecule has 1 aliphatic heterocycles. The van der Waals surface area contributed by atoms with E-state index in [0.29, 0.717) is 13.1 Å². The van der Waals surface area contributed by atoms with Crippen molar-refractivity contribution in [2.75, 3.05) is 26.7 Å². The van der Waals surface area contributed by atoms with Crippen LogP contribution in [0.4, 0.5) is 4.79 Å². The van der Waals surface area contributed by atoms with E-state index in [2.05, 4.69) is 15.7 Å². The Labute approximate surface area is 117 Å². The third-order valence-corrected chi connectivity index (χ3v) is 3.34. The smallest absolute Gasteiger partial charge is 0.314 e. The number of aryl methyl sites for hydroxylation is 1. The van der Waals surface area contributed by atoms with E-state index in [1.807, 2.05) is 23.9 Å². The van der Waals surface area contributed by atoms with Gasteiger partial charge in [-0.25, -0.2) is 4.79 Å². The molecule has 1 aromatic rings. The summed E-state index contributed by atoms with van der Waals surface area (Å²) < 4.78 is 1.83. The predicted molar refractivity (Wildman–Crippen MR) is 74.8 cm³/mol. The highest BCUT2D eigenvalue weighted by molar-refractivity contribution is 5.84. The Morgan fingerprint density at radius 1 is 1.45 bits per heavy atom. The highest BCUT2D eigenvalue weighted by Crippen LogP contribution is 2.21. The molecule has 7 heteroatoms. The Morgan fingerprint density at radius 2 is 2.25 bits per heavy atom. The molecule has 0 fully saturated rings. The number of rotatable bonds is 3. The van der Waals surface area contributed by atoms with Crippen molar-refractivity contribution in [1.82, 2.24) is 25.3 Å². The Balaban J connectivity index is 1.90. The number of carbonyl (C=O) groups is 2. The van der Waals surface area contributed by atoms with Crippen molar-refractivity contribution in [2.45, 2.75) is 6.42 Å². The molecule has 0 saturated carbocycles. The van der Waals surface area contributed by atoms with Crippen LogP contribution in [-0.4, -0.2) is 53.3 Å². The highest BCUT2D eigenvalue weighted by Gasteiger charge is 2.19. The molecular formula is C13H19N5O2. The Hall–Kier alpha value is -2.31. The van der Waals surface area contributed by atoms with Gasteiger partial charge in [0.15, 0.2) is 0 Å². The minimum absolute atomic E-state index is 0.0224. The summed E-state index contributed by atoms with van der Waals surface area (Å²) in [5.74, 6) is -0.0751. The van der Waals surface area contributed by atoms with Crippen LogP contribution in [0.15, 0.2) is 18.3 Å². The maximum atomic E-state index is 11.9. The Morgan fingerprint density at radius 3 is 2.80 bits per heavy atom. The van der Waals surface area contributed by atoms with Gasteiger partial charge >= 0.3 is 6.03 Å². The third kappa shape index (κ3) is 3.17. The molecule has 2 rings (SSSR count). The molecule has 1 aliphatic rings. The van der Waals surface area contributed by atoms with Crippen molar-refractivity contribution in [3.05, 3.63) is 24.0 Å². The maximum Gasteiger partial charge on any atom is 0.314 e. The second-order valence-corrected chi connectivity index (χ2v) is 4.59. The average Bonchev–Trinajstić information content (AvgIpc) is 2.90. The molecule has 108 valence electrons. The van der Waals surface area contributed by atoms with Gasteiger partial charge in [0.1, 0.15) is 0 Å². The van der Waals surface area contributed by atoms with Gasteiger partial charge in [-0.05, 0) is 18.1 Å². The summed E-state index contributed by atoms with van der Waals surface area (Å²) in [5, 5.41) is 9.06. The van der Waals surface area contributed by atoms with Crippen LogP contribution in [0.5, 0.6) is 0 Å². The molecule has 0 bridgehead atoms. The summed E-state index contributed by atoms with van der Waals surface area (Å²) in [6.45, 7) is 1.24. The van der Waals surface area contributed by atoms with Gasteiger partial charge in [-0.1, -0.05) is 6.08 Å². The Kier molecular flexibility index (Phi) is 4.39. The van der Waals surface area contributed by atoms with E-state index in [1.54, 1.807) is 11.1 Å². The number of nitrogens with one attached hydrogen (secondary N) is 2. The van der Waals surface area contributed by atoms with Crippen LogP contribution >= 0.6 is 0 Å². The third-order valence-electron chi connectivity index (χ3n) is 3.34. The zero-order chi connectivity index (χ0) is 14.5. The lowest BCUT2D eigenvalue weighted by Gasteiger charge is -2.26. The minimum Gasteiger partial charge on any atom is -0.341 e. The molecule has 0 spiro atoms. The van der Waals surface area contributed by atoms with Crippen LogP contribution < -0.4 is 10.6 Å². The van der Waals surface area contributed by atoms with Crippen molar-refractivity contribution in [3.8, 4) is 0 Å². The molecule has 0 atom stereocenters. The van der Waals surface area contributed by atoms with Gasteiger partial charge in [0.05, 0.1) is 12.2 Å². The van der Waals surface area contributed by atoms with Gasteiger partial charge in [0.2, 0.25) is 5.91 Å². The van der Waals surface area contributed by atoms with E-state index in [9.17, 15) is 9.59 Å². The number of hydrogen-bond donors (Lipinski definition) is 2. The number of nitrogens with zero attached hydrogens (tertiary/aromatic N) is 3. The molecule has 0 saturated heterocycles. The summed E-state index contributed by atoms with van der Waals surface area (Å²) in [6.07, 6.45) is 4.60. The first-order valence-electron chi connectivity index (χ1n) is 6.52. The standard InChI is InChI=1S/C13H19N5O2/c1-14-13(20)15-9-12(19)18-7-4-10(5-8-18)11-3-6-16-17(11)2/h3-4,6H,5,7-9H2,1-2H3,(H2,14,15,20). The van der Waals surface area contributed by atoms with E-state index in [4.69, 9.17) is 0 Å². The first kappa shape index (κ1) is 14.1. The first-order chi connectivity index (χ1) is 9.61. The van der Waals surface area contributed by atoms with E-state index in [1.165, 1.54) is 12.6 Å². The topological polar surface area (TPSA) is 79.3 Å². The summed E-state index contributed by atoms with van der Waals surface area (Å²) in [4.78, 5) is 24.7. The number of hydrogen-bond acceptors (Lipinski definition) is 3. The number of carbonyl (C=O) groups excluding carboxylic acids is 2. The second-order valence-electron chi connectivity index (χ2n) is 4.59. The molecule has 0 aromatic carbocycles. The lowest BCUT2D eigenvalue weighted by atomic mass is 10.0. The van der Waals surface area contributed by atoms with Gasteiger partial charge in [-0.15, -0.1) is 0 Å². The summed E-state index contributed by atoms with van der Waals surface area (Å²) in [7, 11) is 3.42. The summed E-state index contributed by atoms with van der Waals surface area (Å²) in [5.41, 5.74) is 2.29. The van der Waals surface area contributed by atoms with E-state index in [0.717, 1.165) is 12.1 Å². The Bertz CT molecular complexity index is 535. The molecule has 3 amide bonds. The molecule has 1 aromatic heterocycles. The zero-order valence-corrected chi connectivity index (χ0v) is 11.7. The molecule has 0 radical (unpaired) electrons. The second kappa shape index (κ2) is 6.23. The van der Waals surface area contributed by atoms with Gasteiger partial charge in [-0.2, -0.15) is 5.10 Å². The van der Waals surface area contributed by atoms with Gasteiger partial charge < -0.3 is 15.5 Å². The fourth-order valence-corrected chi connectivity index (χ4v) is 2.17. The fraction of sp³-hybridized carbons (Fsp3) is 0.462. The van der Waals surface area contributed by atoms with Crippen molar-refractivity contribution in [3.63, 3.8) is 0 Å². The van der Waals surface area contributed by atoms with Crippen molar-refractivity contribution < 1.29 is 9.59 Å². The van der Waals surface area contributed by atoms with Crippen LogP contribution in [0.3, 0.4) is 0 Å². The maximum absolute atomic E-state index is 11.9. The number of urea groups is 1. The molecule has 20 heavy (non-hydrogen) atoms. The molecule has 2 heterocycles. The lowest BCUT2D eigenvalue weighted by molar-refractivity contribution is -0.129. The molecule has 2 N–H and O–H groups in total. The van der Waals surface area contributed by atoms with E-state index >= 15 is 0 Å². The zero-order valence-electron chi connectivity index (χ0n) is 11.7. The quantitative estimate of drug-likeness (QED) is 0.814. The van der Waals surface area contributed by atoms with Gasteiger partial charge in [0, 0.05) is 33.4 Å². The van der Waals surface area contributed by atoms with E-state index in [-0.39, 0.29) is 18.5 Å². The SMILES string of the molecule is CNC(=O)NCC(=O)N1CC=C(c2ccnn2C)CC1. The van der Waals surface area contributed by atoms with Crippen LogP contribution in [0.25, 0.3) is 5.57 Å². The minimum atomic E-state index is -0.346. The van der Waals surface area contributed by atoms with Gasteiger partial charge in [0.25, 0.3) is 0 Å². The normalized spacial score (nSPS) is 14.7. The van der Waals surface area contributed by atoms with Gasteiger partial charge in [-0.3, -0.25) is 9.48 Å². The summed E-state index contributed by atoms with van der Waals surface area (Å²) in [6, 6.07) is 1.62. The largest absolute Gasteiger partial charge is 0.341 e. The van der Waals surface area contributed by atoms with Crippen molar-refractivity contribution >= 4 is 17.5 Å². The monoisotopic (exact) mass is 277 g/mol. The summed E-state index contributed by atoms with van der Waals surface area (Å²) >= 11 is 0. The van der Waals surface area contributed by atoms with Crippen molar-refractivity contribution in [1.29, 1.82) is 0 Å². The highest BCUT2D eigenvalue weighted by atomic mass is 16.2. The fourth-order valence-electron chi connectivity index (χ4n) is 2.17. The van der Waals surface area contributed by atoms with Crippen LogP contribution in [0.1, 0.15) is 12.1 Å². The van der Waals surface area contributed by atoms with Crippen LogP contribution in [0, 0.1) is 0 Å². The van der Waals surface area contributed by atoms with Crippen LogP contribution in [-0.2, 0) is 11.8 Å². The van der Waals surface area contributed by atoms with Crippen LogP contribution in [0.2, 0.25) is 0 Å². The van der Waals surface area contributed by atoms with Crippen molar-refractivity contribution in [2.24, 2.45) is 7.05 Å². The molecule has 0 unspecified atom stereocenters. The number of aromatic nitrogens is 2. The molecular weight excluding hydrogens is 258 g/mol. The number of amides is 3. The lowest BCUT2D eigenvalue weighted by Crippen LogP contribution is -2.44. The predicted octanol–water partition coefficient (Wildman–Crippen LogP) is -0.0352. The molecule has 0 aliphatic carbocycles.